The van der Waals surface area contributed by atoms with E-state index in [0.29, 0.717) is 0 Å². The molecule has 1 fully saturated rings. The summed E-state index contributed by atoms with van der Waals surface area (Å²) in [7, 11) is 0. The van der Waals surface area contributed by atoms with Crippen molar-refractivity contribution >= 4 is 32.9 Å². The monoisotopic (exact) mass is 247 g/mol. The summed E-state index contributed by atoms with van der Waals surface area (Å²) in [5.41, 5.74) is 8.96. The van der Waals surface area contributed by atoms with Crippen LogP contribution in [-0.4, -0.2) is 11.5 Å². The van der Waals surface area contributed by atoms with Gasteiger partial charge in [-0.2, -0.15) is 0 Å². The number of hydrogen-bond acceptors (Lipinski definition) is 4. The molecule has 0 amide bonds. The van der Waals surface area contributed by atoms with Gasteiger partial charge in [-0.3, -0.25) is 0 Å². The van der Waals surface area contributed by atoms with Crippen molar-refractivity contribution in [3.8, 4) is 0 Å². The van der Waals surface area contributed by atoms with Crippen molar-refractivity contribution in [3.63, 3.8) is 0 Å². The Hall–Kier alpha value is -1.29. The number of benzene rings is 1. The zero-order valence-corrected chi connectivity index (χ0v) is 10.8. The summed E-state index contributed by atoms with van der Waals surface area (Å²) in [6, 6.07) is 4.10. The lowest BCUT2D eigenvalue weighted by molar-refractivity contribution is 0.760. The number of nitrogens with zero attached hydrogens (tertiary/aromatic N) is 1. The highest BCUT2D eigenvalue weighted by Gasteiger charge is 2.20. The van der Waals surface area contributed by atoms with Crippen LogP contribution in [0, 0.1) is 12.8 Å². The maximum atomic E-state index is 6.04. The number of aryl methyl sites for hydroxylation is 1. The van der Waals surface area contributed by atoms with E-state index in [0.717, 1.165) is 34.4 Å². The first-order chi connectivity index (χ1) is 8.22. The van der Waals surface area contributed by atoms with Gasteiger partial charge < -0.3 is 11.1 Å². The highest BCUT2D eigenvalue weighted by molar-refractivity contribution is 7.18. The molecule has 3 N–H and O–H groups in total. The Kier molecular flexibility index (Phi) is 2.67. The second kappa shape index (κ2) is 4.18. The molecule has 0 unspecified atom stereocenters. The molecule has 2 aromatic rings. The Morgan fingerprint density at radius 3 is 3.06 bits per heavy atom. The third-order valence-electron chi connectivity index (χ3n) is 3.23. The van der Waals surface area contributed by atoms with Gasteiger partial charge in [0.1, 0.15) is 0 Å². The average Bonchev–Trinajstić information content (AvgIpc) is 3.02. The zero-order valence-electron chi connectivity index (χ0n) is 9.99. The van der Waals surface area contributed by atoms with E-state index in [1.807, 2.05) is 13.0 Å². The Morgan fingerprint density at radius 2 is 2.29 bits per heavy atom. The summed E-state index contributed by atoms with van der Waals surface area (Å²) in [6.45, 7) is 3.05. The molecule has 1 saturated carbocycles. The van der Waals surface area contributed by atoms with Gasteiger partial charge in [0.05, 0.1) is 26.6 Å². The molecule has 0 spiro atoms. The quantitative estimate of drug-likeness (QED) is 0.814. The first-order valence-electron chi connectivity index (χ1n) is 6.13. The molecule has 1 aliphatic rings. The minimum absolute atomic E-state index is 0.831. The lowest BCUT2D eigenvalue weighted by Gasteiger charge is -2.08. The minimum atomic E-state index is 0.831. The number of fused-ring (bicyclic) bond motifs is 1. The number of anilines is 2. The molecule has 1 aliphatic carbocycles. The molecule has 4 heteroatoms. The third kappa shape index (κ3) is 2.36. The number of thiazole rings is 1. The minimum Gasteiger partial charge on any atom is -0.397 e. The van der Waals surface area contributed by atoms with Crippen LogP contribution in [0.15, 0.2) is 12.1 Å². The van der Waals surface area contributed by atoms with Crippen molar-refractivity contribution in [2.75, 3.05) is 17.6 Å². The highest BCUT2D eigenvalue weighted by Crippen LogP contribution is 2.33. The van der Waals surface area contributed by atoms with Gasteiger partial charge >= 0.3 is 0 Å². The summed E-state index contributed by atoms with van der Waals surface area (Å²) >= 11 is 1.69. The second-order valence-corrected chi connectivity index (χ2v) is 6.03. The highest BCUT2D eigenvalue weighted by atomic mass is 32.1. The van der Waals surface area contributed by atoms with Crippen molar-refractivity contribution in [3.05, 3.63) is 17.1 Å². The van der Waals surface area contributed by atoms with Crippen LogP contribution < -0.4 is 11.1 Å². The van der Waals surface area contributed by atoms with Crippen LogP contribution in [0.1, 0.15) is 24.3 Å². The number of aromatic nitrogens is 1. The molecule has 1 aromatic heterocycles. The zero-order chi connectivity index (χ0) is 11.8. The molecule has 0 bridgehead atoms. The van der Waals surface area contributed by atoms with E-state index in [4.69, 9.17) is 5.73 Å². The van der Waals surface area contributed by atoms with Gasteiger partial charge in [-0.05, 0) is 31.4 Å². The van der Waals surface area contributed by atoms with Crippen molar-refractivity contribution in [1.82, 2.24) is 4.98 Å². The van der Waals surface area contributed by atoms with E-state index in [1.54, 1.807) is 11.3 Å². The average molecular weight is 247 g/mol. The summed E-state index contributed by atoms with van der Waals surface area (Å²) in [6.07, 6.45) is 4.07. The topological polar surface area (TPSA) is 50.9 Å². The summed E-state index contributed by atoms with van der Waals surface area (Å²) in [4.78, 5) is 4.49. The van der Waals surface area contributed by atoms with Crippen molar-refractivity contribution in [2.45, 2.75) is 26.2 Å². The van der Waals surface area contributed by atoms with Gasteiger partial charge in [-0.1, -0.05) is 12.8 Å². The number of nitrogens with two attached hydrogens (primary N) is 1. The first-order valence-corrected chi connectivity index (χ1v) is 6.94. The predicted molar refractivity (Wildman–Crippen MR) is 74.6 cm³/mol. The lowest BCUT2D eigenvalue weighted by Crippen LogP contribution is -2.04. The van der Waals surface area contributed by atoms with Gasteiger partial charge in [-0.25, -0.2) is 4.98 Å². The van der Waals surface area contributed by atoms with Gasteiger partial charge in [-0.15, -0.1) is 11.3 Å². The van der Waals surface area contributed by atoms with E-state index in [2.05, 4.69) is 16.4 Å². The SMILES string of the molecule is Cc1nc2cc(NCCC3CC3)c(N)cc2s1. The Balaban J connectivity index is 1.79. The number of rotatable bonds is 4. The standard InChI is InChI=1S/C13H17N3S/c1-8-16-12-7-11(10(14)6-13(12)17-8)15-5-4-9-2-3-9/h6-7,9,15H,2-5,14H2,1H3. The van der Waals surface area contributed by atoms with Crippen LogP contribution in [0.2, 0.25) is 0 Å². The van der Waals surface area contributed by atoms with E-state index in [-0.39, 0.29) is 0 Å². The Morgan fingerprint density at radius 1 is 1.47 bits per heavy atom. The van der Waals surface area contributed by atoms with Crippen LogP contribution in [0.5, 0.6) is 0 Å². The molecular formula is C13H17N3S. The van der Waals surface area contributed by atoms with Crippen LogP contribution in [0.4, 0.5) is 11.4 Å². The van der Waals surface area contributed by atoms with Gasteiger partial charge in [0.15, 0.2) is 0 Å². The lowest BCUT2D eigenvalue weighted by atomic mass is 10.2. The van der Waals surface area contributed by atoms with Gasteiger partial charge in [0, 0.05) is 6.54 Å². The Bertz CT molecular complexity index is 543. The van der Waals surface area contributed by atoms with Gasteiger partial charge in [0.2, 0.25) is 0 Å². The largest absolute Gasteiger partial charge is 0.397 e. The van der Waals surface area contributed by atoms with Crippen molar-refractivity contribution in [2.24, 2.45) is 5.92 Å². The molecule has 1 heterocycles. The van der Waals surface area contributed by atoms with Crippen LogP contribution in [-0.2, 0) is 0 Å². The normalized spacial score (nSPS) is 15.4. The molecular weight excluding hydrogens is 230 g/mol. The molecule has 17 heavy (non-hydrogen) atoms. The molecule has 3 nitrogen and oxygen atoms in total. The molecule has 3 rings (SSSR count). The number of nitrogen functional groups attached to an aromatic ring is 1. The van der Waals surface area contributed by atoms with Crippen LogP contribution in [0.25, 0.3) is 10.2 Å². The summed E-state index contributed by atoms with van der Waals surface area (Å²) in [5.74, 6) is 0.953. The molecule has 0 aliphatic heterocycles. The van der Waals surface area contributed by atoms with E-state index >= 15 is 0 Å². The summed E-state index contributed by atoms with van der Waals surface area (Å²) in [5, 5.41) is 4.52. The number of nitrogens with one attached hydrogen (secondary N) is 1. The fraction of sp³-hybridized carbons (Fsp3) is 0.462. The second-order valence-electron chi connectivity index (χ2n) is 4.80. The maximum absolute atomic E-state index is 6.04. The molecule has 0 radical (unpaired) electrons. The van der Waals surface area contributed by atoms with E-state index in [9.17, 15) is 0 Å². The molecule has 1 aromatic carbocycles. The summed E-state index contributed by atoms with van der Waals surface area (Å²) < 4.78 is 1.17. The van der Waals surface area contributed by atoms with E-state index in [1.165, 1.54) is 24.0 Å². The third-order valence-corrected chi connectivity index (χ3v) is 4.17. The smallest absolute Gasteiger partial charge is 0.0907 e. The fourth-order valence-electron chi connectivity index (χ4n) is 2.08. The fourth-order valence-corrected chi connectivity index (χ4v) is 2.93. The van der Waals surface area contributed by atoms with Gasteiger partial charge in [0.25, 0.3) is 0 Å². The molecule has 0 saturated heterocycles. The van der Waals surface area contributed by atoms with Crippen LogP contribution in [0.3, 0.4) is 0 Å². The molecule has 90 valence electrons. The van der Waals surface area contributed by atoms with Crippen molar-refractivity contribution in [1.29, 1.82) is 0 Å². The van der Waals surface area contributed by atoms with E-state index < -0.39 is 0 Å². The van der Waals surface area contributed by atoms with Crippen molar-refractivity contribution < 1.29 is 0 Å². The number of hydrogen-bond donors (Lipinski definition) is 2. The molecule has 0 atom stereocenters. The first kappa shape index (κ1) is 10.8. The Labute approximate surface area is 105 Å². The maximum Gasteiger partial charge on any atom is 0.0907 e. The van der Waals surface area contributed by atoms with Crippen LogP contribution >= 0.6 is 11.3 Å². The predicted octanol–water partition coefficient (Wildman–Crippen LogP) is 3.40.